The molecule has 0 atom stereocenters. The fourth-order valence-electron chi connectivity index (χ4n) is 6.47. The van der Waals surface area contributed by atoms with Crippen LogP contribution in [0, 0.1) is 0 Å². The van der Waals surface area contributed by atoms with Gasteiger partial charge in [-0.15, -0.1) is 0 Å². The summed E-state index contributed by atoms with van der Waals surface area (Å²) in [6, 6.07) is 51.3. The molecule has 6 heteroatoms. The van der Waals surface area contributed by atoms with E-state index in [1.165, 1.54) is 0 Å². The number of aromatic nitrogens is 6. The molecular weight excluding hydrogens is 613 g/mol. The second-order valence-corrected chi connectivity index (χ2v) is 12.0. The van der Waals surface area contributed by atoms with E-state index in [0.717, 1.165) is 77.8 Å². The molecule has 3 heterocycles. The Morgan fingerprint density at radius 3 is 1.28 bits per heavy atom. The molecule has 0 aliphatic rings. The van der Waals surface area contributed by atoms with Gasteiger partial charge in [0.25, 0.3) is 0 Å². The lowest BCUT2D eigenvalue weighted by Crippen LogP contribution is -1.99. The molecule has 6 aromatic carbocycles. The zero-order valence-corrected chi connectivity index (χ0v) is 26.8. The quantitative estimate of drug-likeness (QED) is 0.168. The Kier molecular flexibility index (Phi) is 7.37. The number of nitrogens with zero attached hydrogens (tertiary/aromatic N) is 6. The van der Waals surface area contributed by atoms with Gasteiger partial charge in [-0.1, -0.05) is 146 Å². The van der Waals surface area contributed by atoms with E-state index in [1.807, 2.05) is 97.2 Å². The van der Waals surface area contributed by atoms with E-state index < -0.39 is 0 Å². The van der Waals surface area contributed by atoms with Crippen LogP contribution in [0.5, 0.6) is 0 Å². The summed E-state index contributed by atoms with van der Waals surface area (Å²) in [5, 5.41) is 0.853. The first kappa shape index (κ1) is 29.2. The van der Waals surface area contributed by atoms with Gasteiger partial charge in [0, 0.05) is 57.4 Å². The molecule has 50 heavy (non-hydrogen) atoms. The molecule has 0 aliphatic heterocycles. The summed E-state index contributed by atoms with van der Waals surface area (Å²) >= 11 is 0. The Morgan fingerprint density at radius 1 is 0.320 bits per heavy atom. The van der Waals surface area contributed by atoms with Gasteiger partial charge in [0.1, 0.15) is 5.52 Å². The summed E-state index contributed by atoms with van der Waals surface area (Å²) in [4.78, 5) is 29.7. The van der Waals surface area contributed by atoms with Crippen LogP contribution in [-0.4, -0.2) is 29.9 Å². The zero-order chi connectivity index (χ0) is 33.3. The van der Waals surface area contributed by atoms with E-state index >= 15 is 0 Å². The highest BCUT2D eigenvalue weighted by Gasteiger charge is 2.21. The summed E-state index contributed by atoms with van der Waals surface area (Å²) in [6.07, 6.45) is 5.35. The van der Waals surface area contributed by atoms with Crippen molar-refractivity contribution in [2.24, 2.45) is 0 Å². The highest BCUT2D eigenvalue weighted by atomic mass is 14.9. The van der Waals surface area contributed by atoms with Gasteiger partial charge in [-0.05, 0) is 17.2 Å². The molecule has 9 aromatic rings. The Labute approximate surface area is 288 Å². The van der Waals surface area contributed by atoms with Gasteiger partial charge in [-0.3, -0.25) is 9.97 Å². The third-order valence-electron chi connectivity index (χ3n) is 8.86. The molecule has 0 radical (unpaired) electrons. The van der Waals surface area contributed by atoms with Crippen molar-refractivity contribution in [1.82, 2.24) is 29.9 Å². The van der Waals surface area contributed by atoms with E-state index in [9.17, 15) is 0 Å². The molecule has 0 saturated carbocycles. The second kappa shape index (κ2) is 12.6. The molecule has 234 valence electrons. The lowest BCUT2D eigenvalue weighted by Gasteiger charge is -2.17. The number of benzene rings is 6. The number of hydrogen-bond donors (Lipinski definition) is 0. The van der Waals surface area contributed by atoms with E-state index in [1.54, 1.807) is 12.4 Å². The van der Waals surface area contributed by atoms with Crippen LogP contribution in [0.2, 0.25) is 0 Å². The SMILES string of the molecule is c1ccc(-c2cc(-c3ccccc3)nc(-c3ccc(-c4ncc5c(n4)c(-c4ccccc4)c(-c4ccccc4)c4nccnc45)cc3)n2)cc1. The number of rotatable bonds is 6. The molecule has 0 spiro atoms. The summed E-state index contributed by atoms with van der Waals surface area (Å²) in [6.45, 7) is 0. The molecule has 6 nitrogen and oxygen atoms in total. The first-order valence-electron chi connectivity index (χ1n) is 16.5. The summed E-state index contributed by atoms with van der Waals surface area (Å²) in [7, 11) is 0. The van der Waals surface area contributed by atoms with Gasteiger partial charge >= 0.3 is 0 Å². The molecular formula is C44H28N6. The lowest BCUT2D eigenvalue weighted by atomic mass is 9.90. The van der Waals surface area contributed by atoms with Crippen LogP contribution in [0.15, 0.2) is 170 Å². The van der Waals surface area contributed by atoms with Crippen molar-refractivity contribution >= 4 is 21.9 Å². The van der Waals surface area contributed by atoms with Gasteiger partial charge in [-0.25, -0.2) is 19.9 Å². The summed E-state index contributed by atoms with van der Waals surface area (Å²) in [5.74, 6) is 1.27. The van der Waals surface area contributed by atoms with Crippen molar-refractivity contribution in [3.8, 4) is 67.5 Å². The molecule has 0 N–H and O–H groups in total. The molecule has 0 bridgehead atoms. The lowest BCUT2D eigenvalue weighted by molar-refractivity contribution is 1.18. The molecule has 0 saturated heterocycles. The monoisotopic (exact) mass is 640 g/mol. The predicted molar refractivity (Wildman–Crippen MR) is 201 cm³/mol. The van der Waals surface area contributed by atoms with Crippen molar-refractivity contribution in [2.75, 3.05) is 0 Å². The van der Waals surface area contributed by atoms with Crippen LogP contribution < -0.4 is 0 Å². The van der Waals surface area contributed by atoms with Crippen LogP contribution in [0.4, 0.5) is 0 Å². The Balaban J connectivity index is 1.20. The molecule has 0 amide bonds. The van der Waals surface area contributed by atoms with Crippen molar-refractivity contribution in [3.05, 3.63) is 170 Å². The van der Waals surface area contributed by atoms with E-state index in [0.29, 0.717) is 11.6 Å². The summed E-state index contributed by atoms with van der Waals surface area (Å²) < 4.78 is 0. The number of hydrogen-bond acceptors (Lipinski definition) is 6. The molecule has 3 aromatic heterocycles. The van der Waals surface area contributed by atoms with Crippen molar-refractivity contribution in [1.29, 1.82) is 0 Å². The van der Waals surface area contributed by atoms with Crippen LogP contribution in [0.3, 0.4) is 0 Å². The highest BCUT2D eigenvalue weighted by molar-refractivity contribution is 6.17. The fourth-order valence-corrected chi connectivity index (χ4v) is 6.47. The molecule has 0 unspecified atom stereocenters. The van der Waals surface area contributed by atoms with Gasteiger partial charge in [0.15, 0.2) is 11.6 Å². The molecule has 0 aliphatic carbocycles. The standard InChI is InChI=1S/C44H28N6/c1-5-13-29(14-6-1)36-27-37(30-15-7-2-8-16-30)49-44(48-36)34-23-21-33(22-24-34)43-47-28-35-40(50-43)38(31-17-9-3-10-18-31)39(32-19-11-4-12-20-32)42-41(35)45-25-26-46-42/h1-28H. The van der Waals surface area contributed by atoms with Crippen molar-refractivity contribution in [3.63, 3.8) is 0 Å². The predicted octanol–water partition coefficient (Wildman–Crippen LogP) is 10.4. The normalized spacial score (nSPS) is 11.2. The average Bonchev–Trinajstić information content (AvgIpc) is 3.21. The first-order chi connectivity index (χ1) is 24.8. The Morgan fingerprint density at radius 2 is 0.760 bits per heavy atom. The maximum atomic E-state index is 5.26. The topological polar surface area (TPSA) is 77.3 Å². The van der Waals surface area contributed by atoms with E-state index in [-0.39, 0.29) is 0 Å². The second-order valence-electron chi connectivity index (χ2n) is 12.0. The van der Waals surface area contributed by atoms with Gasteiger partial charge in [0.2, 0.25) is 0 Å². The summed E-state index contributed by atoms with van der Waals surface area (Å²) in [5.41, 5.74) is 12.1. The fraction of sp³-hybridized carbons (Fsp3) is 0. The third kappa shape index (κ3) is 5.35. The Bertz CT molecular complexity index is 2550. The maximum Gasteiger partial charge on any atom is 0.160 e. The number of fused-ring (bicyclic) bond motifs is 3. The van der Waals surface area contributed by atoms with Gasteiger partial charge in [-0.2, -0.15) is 0 Å². The van der Waals surface area contributed by atoms with Crippen LogP contribution in [-0.2, 0) is 0 Å². The third-order valence-corrected chi connectivity index (χ3v) is 8.86. The maximum absolute atomic E-state index is 5.26. The minimum absolute atomic E-state index is 0.618. The first-order valence-corrected chi connectivity index (χ1v) is 16.5. The smallest absolute Gasteiger partial charge is 0.160 e. The van der Waals surface area contributed by atoms with Crippen LogP contribution in [0.25, 0.3) is 89.5 Å². The molecule has 9 rings (SSSR count). The van der Waals surface area contributed by atoms with E-state index in [4.69, 9.17) is 29.9 Å². The molecule has 0 fully saturated rings. The van der Waals surface area contributed by atoms with Crippen LogP contribution >= 0.6 is 0 Å². The zero-order valence-electron chi connectivity index (χ0n) is 26.8. The minimum Gasteiger partial charge on any atom is -0.252 e. The average molecular weight is 641 g/mol. The van der Waals surface area contributed by atoms with E-state index in [2.05, 4.69) is 60.7 Å². The van der Waals surface area contributed by atoms with Gasteiger partial charge in [0.05, 0.1) is 22.4 Å². The Hall–Kier alpha value is -6.92. The van der Waals surface area contributed by atoms with Crippen molar-refractivity contribution < 1.29 is 0 Å². The minimum atomic E-state index is 0.618. The van der Waals surface area contributed by atoms with Crippen molar-refractivity contribution in [2.45, 2.75) is 0 Å². The largest absolute Gasteiger partial charge is 0.252 e. The van der Waals surface area contributed by atoms with Gasteiger partial charge < -0.3 is 0 Å². The highest BCUT2D eigenvalue weighted by Crippen LogP contribution is 2.42. The van der Waals surface area contributed by atoms with Crippen LogP contribution in [0.1, 0.15) is 0 Å².